The SMILES string of the molecule is COC(=O)/C(=C/c1ccccc1)CI. The molecule has 0 amide bonds. The molecule has 74 valence electrons. The summed E-state index contributed by atoms with van der Waals surface area (Å²) in [6, 6.07) is 9.73. The van der Waals surface area contributed by atoms with Crippen LogP contribution in [0.15, 0.2) is 35.9 Å². The Morgan fingerprint density at radius 3 is 2.57 bits per heavy atom. The van der Waals surface area contributed by atoms with E-state index in [0.717, 1.165) is 5.56 Å². The zero-order valence-corrected chi connectivity index (χ0v) is 10.0. The van der Waals surface area contributed by atoms with Crippen molar-refractivity contribution < 1.29 is 9.53 Å². The van der Waals surface area contributed by atoms with Crippen molar-refractivity contribution >= 4 is 34.6 Å². The lowest BCUT2D eigenvalue weighted by atomic mass is 10.1. The van der Waals surface area contributed by atoms with Crippen LogP contribution in [0.3, 0.4) is 0 Å². The van der Waals surface area contributed by atoms with Crippen LogP contribution in [-0.2, 0) is 9.53 Å². The predicted molar refractivity (Wildman–Crippen MR) is 65.3 cm³/mol. The molecule has 0 unspecified atom stereocenters. The molecule has 0 aliphatic heterocycles. The zero-order chi connectivity index (χ0) is 10.4. The molecule has 1 aromatic rings. The van der Waals surface area contributed by atoms with Gasteiger partial charge in [-0.3, -0.25) is 0 Å². The fraction of sp³-hybridized carbons (Fsp3) is 0.182. The van der Waals surface area contributed by atoms with Gasteiger partial charge in [-0.1, -0.05) is 52.9 Å². The summed E-state index contributed by atoms with van der Waals surface area (Å²) in [5, 5.41) is 0. The molecule has 1 aromatic carbocycles. The van der Waals surface area contributed by atoms with Gasteiger partial charge in [0.1, 0.15) is 0 Å². The molecule has 1 rings (SSSR count). The molecule has 0 heterocycles. The van der Waals surface area contributed by atoms with Gasteiger partial charge >= 0.3 is 5.97 Å². The topological polar surface area (TPSA) is 26.3 Å². The number of rotatable bonds is 3. The van der Waals surface area contributed by atoms with Crippen molar-refractivity contribution in [3.8, 4) is 0 Å². The third-order valence-electron chi connectivity index (χ3n) is 1.73. The van der Waals surface area contributed by atoms with Gasteiger partial charge in [-0.25, -0.2) is 4.79 Å². The van der Waals surface area contributed by atoms with Crippen molar-refractivity contribution in [2.75, 3.05) is 11.5 Å². The van der Waals surface area contributed by atoms with Crippen LogP contribution in [0.5, 0.6) is 0 Å². The highest BCUT2D eigenvalue weighted by Gasteiger charge is 2.06. The minimum absolute atomic E-state index is 0.261. The van der Waals surface area contributed by atoms with Gasteiger partial charge in [0.25, 0.3) is 0 Å². The van der Waals surface area contributed by atoms with E-state index in [0.29, 0.717) is 10.0 Å². The summed E-state index contributed by atoms with van der Waals surface area (Å²) < 4.78 is 5.32. The van der Waals surface area contributed by atoms with E-state index < -0.39 is 0 Å². The fourth-order valence-corrected chi connectivity index (χ4v) is 1.57. The van der Waals surface area contributed by atoms with Crippen molar-refractivity contribution in [3.63, 3.8) is 0 Å². The number of methoxy groups -OCH3 is 1. The molecule has 14 heavy (non-hydrogen) atoms. The van der Waals surface area contributed by atoms with Gasteiger partial charge in [0, 0.05) is 10.0 Å². The van der Waals surface area contributed by atoms with Crippen LogP contribution in [0.2, 0.25) is 0 Å². The first-order valence-corrected chi connectivity index (χ1v) is 5.70. The van der Waals surface area contributed by atoms with Gasteiger partial charge in [0.15, 0.2) is 0 Å². The molecule has 0 radical (unpaired) electrons. The van der Waals surface area contributed by atoms with Gasteiger partial charge < -0.3 is 4.74 Å². The third-order valence-corrected chi connectivity index (χ3v) is 2.55. The Hall–Kier alpha value is -0.840. The Labute approximate surface area is 97.1 Å². The average Bonchev–Trinajstić information content (AvgIpc) is 2.26. The normalized spacial score (nSPS) is 11.1. The highest BCUT2D eigenvalue weighted by atomic mass is 127. The van der Waals surface area contributed by atoms with Gasteiger partial charge in [0.05, 0.1) is 7.11 Å². The molecule has 0 aliphatic carbocycles. The number of hydrogen-bond donors (Lipinski definition) is 0. The second kappa shape index (κ2) is 5.80. The van der Waals surface area contributed by atoms with Crippen molar-refractivity contribution in [2.24, 2.45) is 0 Å². The van der Waals surface area contributed by atoms with Crippen molar-refractivity contribution in [3.05, 3.63) is 41.5 Å². The summed E-state index contributed by atoms with van der Waals surface area (Å²) in [6.07, 6.45) is 1.85. The maximum Gasteiger partial charge on any atom is 0.334 e. The average molecular weight is 302 g/mol. The summed E-state index contributed by atoms with van der Waals surface area (Å²) in [5.41, 5.74) is 1.70. The van der Waals surface area contributed by atoms with E-state index >= 15 is 0 Å². The number of esters is 1. The highest BCUT2D eigenvalue weighted by Crippen LogP contribution is 2.10. The van der Waals surface area contributed by atoms with Gasteiger partial charge in [-0.15, -0.1) is 0 Å². The minimum Gasteiger partial charge on any atom is -0.466 e. The van der Waals surface area contributed by atoms with E-state index in [2.05, 4.69) is 27.3 Å². The van der Waals surface area contributed by atoms with Crippen LogP contribution in [0.25, 0.3) is 6.08 Å². The molecule has 0 aromatic heterocycles. The number of benzene rings is 1. The van der Waals surface area contributed by atoms with E-state index in [9.17, 15) is 4.79 Å². The van der Waals surface area contributed by atoms with Gasteiger partial charge in [-0.2, -0.15) is 0 Å². The van der Waals surface area contributed by atoms with Crippen LogP contribution in [0.4, 0.5) is 0 Å². The first kappa shape index (κ1) is 11.2. The van der Waals surface area contributed by atoms with E-state index in [1.807, 2.05) is 36.4 Å². The van der Waals surface area contributed by atoms with Crippen LogP contribution in [0.1, 0.15) is 5.56 Å². The molecule has 0 N–H and O–H groups in total. The summed E-state index contributed by atoms with van der Waals surface area (Å²) in [4.78, 5) is 11.3. The lowest BCUT2D eigenvalue weighted by Crippen LogP contribution is -2.05. The first-order chi connectivity index (χ1) is 6.77. The lowest BCUT2D eigenvalue weighted by molar-refractivity contribution is -0.135. The van der Waals surface area contributed by atoms with Crippen LogP contribution < -0.4 is 0 Å². The summed E-state index contributed by atoms with van der Waals surface area (Å²) in [7, 11) is 1.40. The molecule has 0 bridgehead atoms. The van der Waals surface area contributed by atoms with Gasteiger partial charge in [0.2, 0.25) is 0 Å². The van der Waals surface area contributed by atoms with Crippen molar-refractivity contribution in [2.45, 2.75) is 0 Å². The zero-order valence-electron chi connectivity index (χ0n) is 7.87. The standard InChI is InChI=1S/C11H11IO2/c1-14-11(13)10(8-12)7-9-5-3-2-4-6-9/h2-7H,8H2,1H3/b10-7+. The molecular weight excluding hydrogens is 291 g/mol. The van der Waals surface area contributed by atoms with Gasteiger partial charge in [-0.05, 0) is 11.6 Å². The van der Waals surface area contributed by atoms with Crippen molar-refractivity contribution in [1.82, 2.24) is 0 Å². The maximum atomic E-state index is 11.3. The predicted octanol–water partition coefficient (Wildman–Crippen LogP) is 2.68. The van der Waals surface area contributed by atoms with E-state index in [4.69, 9.17) is 0 Å². The van der Waals surface area contributed by atoms with Crippen LogP contribution in [0, 0.1) is 0 Å². The molecule has 0 saturated carbocycles. The number of alkyl halides is 1. The summed E-state index contributed by atoms with van der Waals surface area (Å²) in [6.45, 7) is 0. The minimum atomic E-state index is -0.261. The summed E-state index contributed by atoms with van der Waals surface area (Å²) in [5.74, 6) is -0.261. The van der Waals surface area contributed by atoms with E-state index in [-0.39, 0.29) is 5.97 Å². The smallest absolute Gasteiger partial charge is 0.334 e. The summed E-state index contributed by atoms with van der Waals surface area (Å²) >= 11 is 2.15. The Morgan fingerprint density at radius 1 is 1.43 bits per heavy atom. The number of halogens is 1. The third kappa shape index (κ3) is 3.14. The van der Waals surface area contributed by atoms with E-state index in [1.165, 1.54) is 7.11 Å². The maximum absolute atomic E-state index is 11.3. The molecule has 0 atom stereocenters. The first-order valence-electron chi connectivity index (χ1n) is 4.18. The molecule has 3 heteroatoms. The highest BCUT2D eigenvalue weighted by molar-refractivity contribution is 14.1. The number of carbonyl (C=O) groups is 1. The molecular formula is C11H11IO2. The van der Waals surface area contributed by atoms with Crippen LogP contribution in [-0.4, -0.2) is 17.5 Å². The molecule has 0 saturated heterocycles. The quantitative estimate of drug-likeness (QED) is 0.371. The Bertz CT molecular complexity index is 330. The largest absolute Gasteiger partial charge is 0.466 e. The van der Waals surface area contributed by atoms with E-state index in [1.54, 1.807) is 0 Å². The fourth-order valence-electron chi connectivity index (χ4n) is 1.03. The van der Waals surface area contributed by atoms with Crippen molar-refractivity contribution in [1.29, 1.82) is 0 Å². The Balaban J connectivity index is 2.89. The Morgan fingerprint density at radius 2 is 2.07 bits per heavy atom. The number of hydrogen-bond acceptors (Lipinski definition) is 2. The molecule has 0 fully saturated rings. The number of ether oxygens (including phenoxy) is 1. The second-order valence-corrected chi connectivity index (χ2v) is 3.47. The molecule has 0 aliphatic rings. The lowest BCUT2D eigenvalue weighted by Gasteiger charge is -2.01. The molecule has 2 nitrogen and oxygen atoms in total. The molecule has 0 spiro atoms. The Kier molecular flexibility index (Phi) is 4.65. The van der Waals surface area contributed by atoms with Crippen LogP contribution >= 0.6 is 22.6 Å². The number of carbonyl (C=O) groups excluding carboxylic acids is 1. The second-order valence-electron chi connectivity index (χ2n) is 2.71. The monoisotopic (exact) mass is 302 g/mol.